The Morgan fingerprint density at radius 2 is 1.59 bits per heavy atom. The molecule has 0 saturated heterocycles. The molecule has 0 aliphatic heterocycles. The van der Waals surface area contributed by atoms with E-state index in [1.165, 1.54) is 6.92 Å². The summed E-state index contributed by atoms with van der Waals surface area (Å²) in [4.78, 5) is 34.7. The number of alkyl carbamates (subject to hydrolysis) is 1. The smallest absolute Gasteiger partial charge is 0.407 e. The standard InChI is InChI=1S/C21H20FNO6/c1-2-28-19(26)21(22,18(24)25)12-23-20(27)29-11-17-15-9-5-3-7-13(15)14-8-4-6-10-16(14)17/h3-10,17H,2,11-12H2,1H3,(H,23,27)(H,24,25). The number of carbonyl (C=O) groups is 3. The topological polar surface area (TPSA) is 102 Å². The van der Waals surface area contributed by atoms with Crippen LogP contribution in [0.1, 0.15) is 24.0 Å². The van der Waals surface area contributed by atoms with Crippen molar-refractivity contribution in [2.45, 2.75) is 18.5 Å². The lowest BCUT2D eigenvalue weighted by molar-refractivity contribution is -0.170. The van der Waals surface area contributed by atoms with Crippen molar-refractivity contribution in [2.24, 2.45) is 0 Å². The molecule has 0 bridgehead atoms. The van der Waals surface area contributed by atoms with Gasteiger partial charge in [-0.15, -0.1) is 0 Å². The highest BCUT2D eigenvalue weighted by atomic mass is 19.1. The van der Waals surface area contributed by atoms with E-state index in [2.05, 4.69) is 4.74 Å². The summed E-state index contributed by atoms with van der Waals surface area (Å²) < 4.78 is 24.1. The molecule has 1 aliphatic carbocycles. The van der Waals surface area contributed by atoms with Gasteiger partial charge in [0.1, 0.15) is 6.61 Å². The molecule has 8 heteroatoms. The number of fused-ring (bicyclic) bond motifs is 3. The maximum absolute atomic E-state index is 14.4. The Morgan fingerprint density at radius 3 is 2.10 bits per heavy atom. The Kier molecular flexibility index (Phi) is 5.81. The monoisotopic (exact) mass is 401 g/mol. The van der Waals surface area contributed by atoms with Crippen molar-refractivity contribution in [3.63, 3.8) is 0 Å². The number of hydrogen-bond donors (Lipinski definition) is 2. The summed E-state index contributed by atoms with van der Waals surface area (Å²) in [6, 6.07) is 15.5. The second-order valence-electron chi connectivity index (χ2n) is 6.51. The van der Waals surface area contributed by atoms with E-state index < -0.39 is 30.2 Å². The van der Waals surface area contributed by atoms with Crippen LogP contribution in [-0.4, -0.2) is 48.6 Å². The highest BCUT2D eigenvalue weighted by Crippen LogP contribution is 2.44. The Balaban J connectivity index is 1.65. The first kappa shape index (κ1) is 20.3. The summed E-state index contributed by atoms with van der Waals surface area (Å²) in [6.07, 6.45) is -1.03. The van der Waals surface area contributed by atoms with E-state index in [0.717, 1.165) is 22.3 Å². The second-order valence-corrected chi connectivity index (χ2v) is 6.51. The number of esters is 1. The van der Waals surface area contributed by atoms with E-state index in [1.54, 1.807) is 0 Å². The molecule has 0 aromatic heterocycles. The lowest BCUT2D eigenvalue weighted by Crippen LogP contribution is -2.52. The summed E-state index contributed by atoms with van der Waals surface area (Å²) in [5, 5.41) is 11.0. The first-order valence-corrected chi connectivity index (χ1v) is 9.07. The van der Waals surface area contributed by atoms with Crippen LogP contribution in [0.3, 0.4) is 0 Å². The molecule has 0 saturated carbocycles. The van der Waals surface area contributed by atoms with Crippen LogP contribution in [0.4, 0.5) is 9.18 Å². The first-order chi connectivity index (χ1) is 13.9. The Hall–Kier alpha value is -3.42. The number of halogens is 1. The SMILES string of the molecule is CCOC(=O)C(F)(CNC(=O)OCC1c2ccccc2-c2ccccc21)C(=O)O. The van der Waals surface area contributed by atoms with Crippen molar-refractivity contribution in [2.75, 3.05) is 19.8 Å². The van der Waals surface area contributed by atoms with Gasteiger partial charge in [0.25, 0.3) is 0 Å². The Morgan fingerprint density at radius 1 is 1.03 bits per heavy atom. The van der Waals surface area contributed by atoms with Gasteiger partial charge >= 0.3 is 23.7 Å². The van der Waals surface area contributed by atoms with Gasteiger partial charge in [-0.05, 0) is 29.2 Å². The summed E-state index contributed by atoms with van der Waals surface area (Å²) >= 11 is 0. The zero-order valence-corrected chi connectivity index (χ0v) is 15.7. The zero-order chi connectivity index (χ0) is 21.0. The lowest BCUT2D eigenvalue weighted by Gasteiger charge is -2.19. The third-order valence-electron chi connectivity index (χ3n) is 4.76. The predicted octanol–water partition coefficient (Wildman–Crippen LogP) is 2.88. The molecule has 1 amide bonds. The highest BCUT2D eigenvalue weighted by molar-refractivity contribution is 6.03. The number of ether oxygens (including phenoxy) is 2. The van der Waals surface area contributed by atoms with Crippen molar-refractivity contribution in [3.05, 3.63) is 59.7 Å². The van der Waals surface area contributed by atoms with E-state index >= 15 is 0 Å². The first-order valence-electron chi connectivity index (χ1n) is 9.07. The molecule has 7 nitrogen and oxygen atoms in total. The fourth-order valence-electron chi connectivity index (χ4n) is 3.32. The number of carbonyl (C=O) groups excluding carboxylic acids is 2. The molecule has 2 aromatic rings. The molecule has 1 atom stereocenters. The summed E-state index contributed by atoms with van der Waals surface area (Å²) in [6.45, 7) is 0.103. The minimum Gasteiger partial charge on any atom is -0.478 e. The third kappa shape index (κ3) is 3.91. The van der Waals surface area contributed by atoms with Gasteiger partial charge in [0.2, 0.25) is 0 Å². The van der Waals surface area contributed by atoms with Gasteiger partial charge < -0.3 is 19.9 Å². The highest BCUT2D eigenvalue weighted by Gasteiger charge is 2.49. The molecular formula is C21H20FNO6. The number of amides is 1. The van der Waals surface area contributed by atoms with E-state index in [0.29, 0.717) is 0 Å². The minimum absolute atomic E-state index is 0.0222. The van der Waals surface area contributed by atoms with Crippen LogP contribution in [-0.2, 0) is 19.1 Å². The molecular weight excluding hydrogens is 381 g/mol. The maximum atomic E-state index is 14.4. The van der Waals surface area contributed by atoms with Gasteiger partial charge in [-0.25, -0.2) is 18.8 Å². The van der Waals surface area contributed by atoms with Gasteiger partial charge in [0.05, 0.1) is 13.2 Å². The molecule has 2 N–H and O–H groups in total. The number of nitrogens with one attached hydrogen (secondary N) is 1. The number of carboxylic acid groups (broad SMARTS) is 1. The Bertz CT molecular complexity index is 901. The normalized spacial score (nSPS) is 14.3. The molecule has 0 fully saturated rings. The van der Waals surface area contributed by atoms with Crippen LogP contribution in [0.5, 0.6) is 0 Å². The summed E-state index contributed by atoms with van der Waals surface area (Å²) in [5.74, 6) is -3.82. The number of alkyl halides is 1. The van der Waals surface area contributed by atoms with Crippen LogP contribution in [0.15, 0.2) is 48.5 Å². The van der Waals surface area contributed by atoms with Crippen molar-refractivity contribution in [1.29, 1.82) is 0 Å². The maximum Gasteiger partial charge on any atom is 0.407 e. The van der Waals surface area contributed by atoms with E-state index in [4.69, 9.17) is 9.84 Å². The van der Waals surface area contributed by atoms with Crippen LogP contribution in [0.25, 0.3) is 11.1 Å². The van der Waals surface area contributed by atoms with Crippen molar-refractivity contribution in [3.8, 4) is 11.1 Å². The van der Waals surface area contributed by atoms with Crippen LogP contribution >= 0.6 is 0 Å². The molecule has 1 aliphatic rings. The summed E-state index contributed by atoms with van der Waals surface area (Å²) in [7, 11) is 0. The van der Waals surface area contributed by atoms with Gasteiger partial charge in [0, 0.05) is 5.92 Å². The number of benzene rings is 2. The van der Waals surface area contributed by atoms with Gasteiger partial charge in [-0.1, -0.05) is 48.5 Å². The number of rotatable bonds is 7. The number of aliphatic carboxylic acids is 1. The summed E-state index contributed by atoms with van der Waals surface area (Å²) in [5.41, 5.74) is 0.708. The predicted molar refractivity (Wildman–Crippen MR) is 101 cm³/mol. The molecule has 3 rings (SSSR count). The van der Waals surface area contributed by atoms with Crippen molar-refractivity contribution < 1.29 is 33.4 Å². The molecule has 0 spiro atoms. The van der Waals surface area contributed by atoms with Crippen LogP contribution < -0.4 is 5.32 Å². The minimum atomic E-state index is -3.39. The van der Waals surface area contributed by atoms with Gasteiger partial charge in [-0.2, -0.15) is 0 Å². The Labute approximate surface area is 166 Å². The largest absolute Gasteiger partial charge is 0.478 e. The van der Waals surface area contributed by atoms with Crippen LogP contribution in [0, 0.1) is 0 Å². The second kappa shape index (κ2) is 8.30. The van der Waals surface area contributed by atoms with Crippen molar-refractivity contribution in [1.82, 2.24) is 5.32 Å². The quantitative estimate of drug-likeness (QED) is 0.546. The zero-order valence-electron chi connectivity index (χ0n) is 15.7. The van der Waals surface area contributed by atoms with E-state index in [9.17, 15) is 18.8 Å². The van der Waals surface area contributed by atoms with Gasteiger partial charge in [-0.3, -0.25) is 0 Å². The molecule has 0 heterocycles. The number of carboxylic acids is 1. The van der Waals surface area contributed by atoms with Crippen molar-refractivity contribution >= 4 is 18.0 Å². The fourth-order valence-corrected chi connectivity index (χ4v) is 3.32. The number of hydrogen-bond acceptors (Lipinski definition) is 5. The fraction of sp³-hybridized carbons (Fsp3) is 0.286. The van der Waals surface area contributed by atoms with Gasteiger partial charge in [0.15, 0.2) is 0 Å². The molecule has 1 unspecified atom stereocenters. The average Bonchev–Trinajstić information content (AvgIpc) is 3.04. The lowest BCUT2D eigenvalue weighted by atomic mass is 9.98. The molecule has 29 heavy (non-hydrogen) atoms. The molecule has 2 aromatic carbocycles. The molecule has 152 valence electrons. The average molecular weight is 401 g/mol. The molecule has 0 radical (unpaired) electrons. The third-order valence-corrected chi connectivity index (χ3v) is 4.76. The van der Waals surface area contributed by atoms with E-state index in [1.807, 2.05) is 53.8 Å². The van der Waals surface area contributed by atoms with E-state index in [-0.39, 0.29) is 19.1 Å². The van der Waals surface area contributed by atoms with Crippen LogP contribution in [0.2, 0.25) is 0 Å².